The first kappa shape index (κ1) is 28.1. The van der Waals surface area contributed by atoms with Crippen molar-refractivity contribution in [3.63, 3.8) is 0 Å². The van der Waals surface area contributed by atoms with E-state index in [4.69, 9.17) is 4.74 Å². The van der Waals surface area contributed by atoms with E-state index in [9.17, 15) is 17.6 Å². The Morgan fingerprint density at radius 2 is 1.81 bits per heavy atom. The molecule has 1 saturated heterocycles. The molecule has 1 aliphatic heterocycles. The number of benzene rings is 3. The predicted molar refractivity (Wildman–Crippen MR) is 160 cm³/mol. The normalized spacial score (nSPS) is 16.3. The van der Waals surface area contributed by atoms with Crippen molar-refractivity contribution in [1.29, 1.82) is 0 Å². The third-order valence-corrected chi connectivity index (χ3v) is 9.65. The molecule has 1 N–H and O–H groups in total. The molecule has 8 nitrogen and oxygen atoms in total. The second-order valence-corrected chi connectivity index (χ2v) is 12.6. The van der Waals surface area contributed by atoms with Gasteiger partial charge in [0.15, 0.2) is 0 Å². The van der Waals surface area contributed by atoms with E-state index in [1.165, 1.54) is 19.6 Å². The van der Waals surface area contributed by atoms with Gasteiger partial charge >= 0.3 is 0 Å². The van der Waals surface area contributed by atoms with Crippen LogP contribution in [0.25, 0.3) is 10.9 Å². The lowest BCUT2D eigenvalue weighted by Gasteiger charge is -2.35. The maximum absolute atomic E-state index is 14.6. The summed E-state index contributed by atoms with van der Waals surface area (Å²) in [5, 5.41) is 0.711. The van der Waals surface area contributed by atoms with E-state index < -0.39 is 10.0 Å². The summed E-state index contributed by atoms with van der Waals surface area (Å²) in [6, 6.07) is 18.8. The van der Waals surface area contributed by atoms with Crippen LogP contribution in [0.1, 0.15) is 46.7 Å². The van der Waals surface area contributed by atoms with Crippen molar-refractivity contribution in [2.45, 2.75) is 36.6 Å². The maximum atomic E-state index is 14.6. The van der Waals surface area contributed by atoms with Crippen molar-refractivity contribution in [2.75, 3.05) is 38.0 Å². The van der Waals surface area contributed by atoms with Gasteiger partial charge in [0.05, 0.1) is 18.3 Å². The van der Waals surface area contributed by atoms with Gasteiger partial charge in [0.25, 0.3) is 15.9 Å². The first-order valence-corrected chi connectivity index (χ1v) is 15.7. The fourth-order valence-corrected chi connectivity index (χ4v) is 6.92. The van der Waals surface area contributed by atoms with Gasteiger partial charge in [-0.05, 0) is 66.3 Å². The van der Waals surface area contributed by atoms with Crippen LogP contribution in [0.2, 0.25) is 0 Å². The van der Waals surface area contributed by atoms with Crippen LogP contribution in [0.5, 0.6) is 5.75 Å². The van der Waals surface area contributed by atoms with Crippen LogP contribution in [-0.4, -0.2) is 62.4 Å². The van der Waals surface area contributed by atoms with E-state index in [1.807, 2.05) is 12.1 Å². The molecule has 2 fully saturated rings. The maximum Gasteiger partial charge on any atom is 0.264 e. The highest BCUT2D eigenvalue weighted by Gasteiger charge is 2.26. The number of nitrogens with zero attached hydrogens (tertiary/aromatic N) is 3. The summed E-state index contributed by atoms with van der Waals surface area (Å²) < 4.78 is 49.3. The molecule has 0 spiro atoms. The molecule has 1 saturated carbocycles. The van der Waals surface area contributed by atoms with Gasteiger partial charge in [-0.3, -0.25) is 19.4 Å². The number of rotatable bonds is 8. The number of amides is 1. The van der Waals surface area contributed by atoms with Gasteiger partial charge < -0.3 is 9.64 Å². The number of anilines is 1. The summed E-state index contributed by atoms with van der Waals surface area (Å²) in [5.41, 5.74) is 2.77. The molecular formula is C32H33FN4O4S. The van der Waals surface area contributed by atoms with Gasteiger partial charge in [-0.1, -0.05) is 36.8 Å². The zero-order valence-corrected chi connectivity index (χ0v) is 24.2. The zero-order chi connectivity index (χ0) is 29.3. The van der Waals surface area contributed by atoms with Crippen LogP contribution in [0.3, 0.4) is 0 Å². The molecule has 2 aliphatic rings. The summed E-state index contributed by atoms with van der Waals surface area (Å²) in [6.45, 7) is 3.05. The number of piperazine rings is 1. The number of carbonyl (C=O) groups is 1. The molecule has 0 radical (unpaired) electrons. The Kier molecular flexibility index (Phi) is 7.83. The standard InChI is InChI=1S/C32H33FN4O4S/c1-41-29-20-25(11-13-28(29)35-42(39,40)30-9-3-7-24-8-4-14-34-31(24)30)32(38)37-17-15-36(16-18-37)21-22-10-12-26(27(33)19-22)23-5-2-6-23/h3-4,7-14,19-20,23,35H,2,5-6,15-18,21H2,1H3. The lowest BCUT2D eigenvalue weighted by atomic mass is 9.79. The molecule has 1 aliphatic carbocycles. The Hall–Kier alpha value is -4.02. The molecule has 1 aromatic heterocycles. The molecule has 1 amide bonds. The van der Waals surface area contributed by atoms with Gasteiger partial charge in [0.2, 0.25) is 0 Å². The summed E-state index contributed by atoms with van der Waals surface area (Å²) >= 11 is 0. The molecule has 10 heteroatoms. The minimum Gasteiger partial charge on any atom is -0.495 e. The van der Waals surface area contributed by atoms with Gasteiger partial charge in [0.1, 0.15) is 16.5 Å². The minimum atomic E-state index is -3.98. The largest absolute Gasteiger partial charge is 0.495 e. The van der Waals surface area contributed by atoms with Crippen LogP contribution in [0.4, 0.5) is 10.1 Å². The van der Waals surface area contributed by atoms with Crippen molar-refractivity contribution >= 4 is 32.5 Å². The van der Waals surface area contributed by atoms with E-state index >= 15 is 0 Å². The van der Waals surface area contributed by atoms with Crippen LogP contribution in [-0.2, 0) is 16.6 Å². The quantitative estimate of drug-likeness (QED) is 0.296. The molecular weight excluding hydrogens is 555 g/mol. The first-order valence-electron chi connectivity index (χ1n) is 14.2. The Balaban J connectivity index is 1.10. The molecule has 0 unspecified atom stereocenters. The summed E-state index contributed by atoms with van der Waals surface area (Å²) in [6.07, 6.45) is 4.86. The molecule has 42 heavy (non-hydrogen) atoms. The van der Waals surface area contributed by atoms with E-state index in [0.717, 1.165) is 24.0 Å². The number of aromatic nitrogens is 1. The lowest BCUT2D eigenvalue weighted by Crippen LogP contribution is -2.48. The fourth-order valence-electron chi connectivity index (χ4n) is 5.67. The Bertz CT molecular complexity index is 1730. The van der Waals surface area contributed by atoms with Crippen molar-refractivity contribution in [3.05, 3.63) is 95.4 Å². The number of fused-ring (bicyclic) bond motifs is 1. The molecule has 0 bridgehead atoms. The number of methoxy groups -OCH3 is 1. The van der Waals surface area contributed by atoms with E-state index in [-0.39, 0.29) is 28.1 Å². The third-order valence-electron chi connectivity index (χ3n) is 8.25. The number of halogens is 1. The average Bonchev–Trinajstić information content (AvgIpc) is 2.97. The molecule has 3 aromatic carbocycles. The highest BCUT2D eigenvalue weighted by atomic mass is 32.2. The monoisotopic (exact) mass is 588 g/mol. The zero-order valence-electron chi connectivity index (χ0n) is 23.4. The van der Waals surface area contributed by atoms with Crippen molar-refractivity contribution in [1.82, 2.24) is 14.8 Å². The highest BCUT2D eigenvalue weighted by Crippen LogP contribution is 2.38. The first-order chi connectivity index (χ1) is 20.3. The number of pyridine rings is 1. The SMILES string of the molecule is COc1cc(C(=O)N2CCN(Cc3ccc(C4CCC4)c(F)c3)CC2)ccc1NS(=O)(=O)c1cccc2cccnc12. The average molecular weight is 589 g/mol. The van der Waals surface area contributed by atoms with E-state index in [1.54, 1.807) is 59.6 Å². The number of sulfonamides is 1. The number of ether oxygens (including phenoxy) is 1. The Morgan fingerprint density at radius 1 is 1.02 bits per heavy atom. The lowest BCUT2D eigenvalue weighted by molar-refractivity contribution is 0.0628. The molecule has 2 heterocycles. The van der Waals surface area contributed by atoms with Crippen molar-refractivity contribution in [3.8, 4) is 5.75 Å². The van der Waals surface area contributed by atoms with Crippen LogP contribution in [0, 0.1) is 5.82 Å². The summed E-state index contributed by atoms with van der Waals surface area (Å²) in [5.74, 6) is 0.336. The summed E-state index contributed by atoms with van der Waals surface area (Å²) in [7, 11) is -2.55. The fraction of sp³-hybridized carbons (Fsp3) is 0.312. The number of carbonyl (C=O) groups excluding carboxylic acids is 1. The molecule has 218 valence electrons. The third kappa shape index (κ3) is 5.69. The van der Waals surface area contributed by atoms with Crippen LogP contribution in [0.15, 0.2) is 77.8 Å². The van der Waals surface area contributed by atoms with Crippen LogP contribution >= 0.6 is 0 Å². The van der Waals surface area contributed by atoms with Crippen molar-refractivity contribution < 1.29 is 22.3 Å². The van der Waals surface area contributed by atoms with Gasteiger partial charge in [-0.15, -0.1) is 0 Å². The molecule has 0 atom stereocenters. The minimum absolute atomic E-state index is 0.0534. The topological polar surface area (TPSA) is 91.8 Å². The number of hydrogen-bond donors (Lipinski definition) is 1. The van der Waals surface area contributed by atoms with Gasteiger partial charge in [0, 0.05) is 49.9 Å². The van der Waals surface area contributed by atoms with Gasteiger partial charge in [-0.25, -0.2) is 12.8 Å². The van der Waals surface area contributed by atoms with E-state index in [0.29, 0.717) is 55.1 Å². The highest BCUT2D eigenvalue weighted by molar-refractivity contribution is 7.93. The Labute approximate surface area is 245 Å². The molecule has 6 rings (SSSR count). The van der Waals surface area contributed by atoms with Crippen molar-refractivity contribution in [2.24, 2.45) is 0 Å². The second-order valence-electron chi connectivity index (χ2n) is 10.9. The number of para-hydroxylation sites is 1. The predicted octanol–water partition coefficient (Wildman–Crippen LogP) is 5.41. The van der Waals surface area contributed by atoms with Crippen LogP contribution < -0.4 is 9.46 Å². The smallest absolute Gasteiger partial charge is 0.264 e. The number of hydrogen-bond acceptors (Lipinski definition) is 6. The number of nitrogens with one attached hydrogen (secondary N) is 1. The summed E-state index contributed by atoms with van der Waals surface area (Å²) in [4.78, 5) is 21.6. The Morgan fingerprint density at radius 3 is 2.52 bits per heavy atom. The second kappa shape index (κ2) is 11.7. The van der Waals surface area contributed by atoms with E-state index in [2.05, 4.69) is 14.6 Å². The molecule has 4 aromatic rings. The van der Waals surface area contributed by atoms with Gasteiger partial charge in [-0.2, -0.15) is 0 Å².